The Bertz CT molecular complexity index is 585. The van der Waals surface area contributed by atoms with Crippen molar-refractivity contribution in [3.8, 4) is 5.88 Å². The van der Waals surface area contributed by atoms with Crippen LogP contribution in [-0.2, 0) is 6.61 Å². The van der Waals surface area contributed by atoms with Crippen LogP contribution in [0, 0.1) is 0 Å². The molecule has 1 aromatic heterocycles. The van der Waals surface area contributed by atoms with Crippen LogP contribution in [0.1, 0.15) is 11.3 Å². The van der Waals surface area contributed by atoms with Gasteiger partial charge in [-0.15, -0.1) is 0 Å². The van der Waals surface area contributed by atoms with Crippen LogP contribution in [0.4, 0.5) is 0 Å². The molecule has 0 aliphatic carbocycles. The smallest absolute Gasteiger partial charge is 0.214 e. The van der Waals surface area contributed by atoms with Crippen molar-refractivity contribution in [2.75, 3.05) is 0 Å². The Kier molecular flexibility index (Phi) is 4.35. The molecule has 0 fully saturated rings. The number of amidine groups is 1. The molecule has 6 heteroatoms. The van der Waals surface area contributed by atoms with E-state index < -0.39 is 0 Å². The molecule has 0 atom stereocenters. The van der Waals surface area contributed by atoms with Crippen LogP contribution < -0.4 is 10.5 Å². The van der Waals surface area contributed by atoms with Crippen LogP contribution in [0.2, 0.25) is 0 Å². The van der Waals surface area contributed by atoms with Crippen LogP contribution >= 0.6 is 15.9 Å². The lowest BCUT2D eigenvalue weighted by Gasteiger charge is -2.06. The summed E-state index contributed by atoms with van der Waals surface area (Å²) in [5, 5.41) is 11.5. The third-order valence-electron chi connectivity index (χ3n) is 2.39. The second-order valence-corrected chi connectivity index (χ2v) is 4.68. The minimum atomic E-state index is -0.0471. The number of nitrogens with zero attached hydrogens (tertiary/aromatic N) is 2. The maximum Gasteiger partial charge on any atom is 0.214 e. The van der Waals surface area contributed by atoms with Gasteiger partial charge in [-0.25, -0.2) is 4.98 Å². The maximum atomic E-state index is 8.59. The predicted molar refractivity (Wildman–Crippen MR) is 75.2 cm³/mol. The number of halogens is 1. The first-order valence-electron chi connectivity index (χ1n) is 5.51. The molecule has 2 rings (SSSR count). The van der Waals surface area contributed by atoms with Crippen molar-refractivity contribution in [2.45, 2.75) is 6.61 Å². The second-order valence-electron chi connectivity index (χ2n) is 3.76. The molecule has 0 saturated heterocycles. The molecule has 0 spiro atoms. The summed E-state index contributed by atoms with van der Waals surface area (Å²) < 4.78 is 6.57. The topological polar surface area (TPSA) is 80.7 Å². The Morgan fingerprint density at radius 1 is 1.26 bits per heavy atom. The molecule has 19 heavy (non-hydrogen) atoms. The van der Waals surface area contributed by atoms with Gasteiger partial charge < -0.3 is 15.7 Å². The van der Waals surface area contributed by atoms with E-state index in [0.29, 0.717) is 18.2 Å². The van der Waals surface area contributed by atoms with Crippen LogP contribution in [0.25, 0.3) is 0 Å². The minimum absolute atomic E-state index is 0.0471. The molecule has 0 saturated carbocycles. The quantitative estimate of drug-likeness (QED) is 0.392. The fourth-order valence-electron chi connectivity index (χ4n) is 1.43. The lowest BCUT2D eigenvalue weighted by atomic mass is 10.2. The van der Waals surface area contributed by atoms with Gasteiger partial charge in [-0.05, 0) is 23.8 Å². The summed E-state index contributed by atoms with van der Waals surface area (Å²) in [7, 11) is 0. The van der Waals surface area contributed by atoms with Gasteiger partial charge in [-0.2, -0.15) is 0 Å². The first-order chi connectivity index (χ1) is 9.19. The molecule has 1 heterocycles. The number of hydrogen-bond donors (Lipinski definition) is 2. The molecule has 2 aromatic rings. The molecule has 0 aliphatic rings. The van der Waals surface area contributed by atoms with E-state index >= 15 is 0 Å². The third kappa shape index (κ3) is 3.69. The van der Waals surface area contributed by atoms with Crippen molar-refractivity contribution < 1.29 is 9.94 Å². The van der Waals surface area contributed by atoms with Crippen LogP contribution in [-0.4, -0.2) is 16.0 Å². The zero-order valence-corrected chi connectivity index (χ0v) is 11.5. The Morgan fingerprint density at radius 2 is 2.00 bits per heavy atom. The Morgan fingerprint density at radius 3 is 2.68 bits per heavy atom. The summed E-state index contributed by atoms with van der Waals surface area (Å²) in [5.74, 6) is 0.376. The minimum Gasteiger partial charge on any atom is -0.473 e. The molecule has 5 nitrogen and oxygen atoms in total. The molecule has 98 valence electrons. The standard InChI is InChI=1S/C13H12BrN3O2/c14-10-6-4-9(5-7-10)8-19-12-3-1-2-11(16-12)13(15)17-18/h1-7,18H,8H2,(H2,15,17). The fourth-order valence-corrected chi connectivity index (χ4v) is 1.69. The third-order valence-corrected chi connectivity index (χ3v) is 2.92. The highest BCUT2D eigenvalue weighted by Gasteiger charge is 2.03. The summed E-state index contributed by atoms with van der Waals surface area (Å²) in [6, 6.07) is 12.9. The predicted octanol–water partition coefficient (Wildman–Crippen LogP) is 2.52. The van der Waals surface area contributed by atoms with E-state index in [1.165, 1.54) is 0 Å². The van der Waals surface area contributed by atoms with Crippen molar-refractivity contribution in [3.05, 3.63) is 58.2 Å². The van der Waals surface area contributed by atoms with Gasteiger partial charge in [0.25, 0.3) is 0 Å². The molecular weight excluding hydrogens is 310 g/mol. The first kappa shape index (κ1) is 13.4. The average Bonchev–Trinajstić information content (AvgIpc) is 2.46. The number of benzene rings is 1. The number of oxime groups is 1. The largest absolute Gasteiger partial charge is 0.473 e. The number of pyridine rings is 1. The average molecular weight is 322 g/mol. The van der Waals surface area contributed by atoms with E-state index in [4.69, 9.17) is 15.7 Å². The molecule has 0 aliphatic heterocycles. The van der Waals surface area contributed by atoms with Gasteiger partial charge in [0, 0.05) is 10.5 Å². The number of nitrogens with two attached hydrogens (primary N) is 1. The van der Waals surface area contributed by atoms with Gasteiger partial charge in [-0.1, -0.05) is 39.3 Å². The zero-order chi connectivity index (χ0) is 13.7. The number of aromatic nitrogens is 1. The van der Waals surface area contributed by atoms with Crippen molar-refractivity contribution in [3.63, 3.8) is 0 Å². The van der Waals surface area contributed by atoms with E-state index in [9.17, 15) is 0 Å². The molecular formula is C13H12BrN3O2. The van der Waals surface area contributed by atoms with Gasteiger partial charge in [0.2, 0.25) is 5.88 Å². The summed E-state index contributed by atoms with van der Waals surface area (Å²) in [4.78, 5) is 4.13. The highest BCUT2D eigenvalue weighted by molar-refractivity contribution is 9.10. The fraction of sp³-hybridized carbons (Fsp3) is 0.0769. The van der Waals surface area contributed by atoms with Crippen LogP contribution in [0.15, 0.2) is 52.1 Å². The molecule has 0 unspecified atom stereocenters. The second kappa shape index (κ2) is 6.19. The van der Waals surface area contributed by atoms with Crippen molar-refractivity contribution in [1.29, 1.82) is 0 Å². The summed E-state index contributed by atoms with van der Waals surface area (Å²) in [6.45, 7) is 0.403. The summed E-state index contributed by atoms with van der Waals surface area (Å²) in [5.41, 5.74) is 6.86. The van der Waals surface area contributed by atoms with Gasteiger partial charge in [0.1, 0.15) is 12.3 Å². The Hall–Kier alpha value is -2.08. The number of rotatable bonds is 4. The van der Waals surface area contributed by atoms with E-state index in [1.54, 1.807) is 18.2 Å². The van der Waals surface area contributed by atoms with Crippen LogP contribution in [0.5, 0.6) is 5.88 Å². The normalized spacial score (nSPS) is 11.3. The highest BCUT2D eigenvalue weighted by Crippen LogP contribution is 2.13. The van der Waals surface area contributed by atoms with E-state index in [0.717, 1.165) is 10.0 Å². The molecule has 0 radical (unpaired) electrons. The monoisotopic (exact) mass is 321 g/mol. The zero-order valence-electron chi connectivity index (χ0n) is 9.95. The van der Waals surface area contributed by atoms with Crippen molar-refractivity contribution in [2.24, 2.45) is 10.9 Å². The number of ether oxygens (including phenoxy) is 1. The van der Waals surface area contributed by atoms with Gasteiger partial charge in [0.05, 0.1) is 0 Å². The Labute approximate surface area is 118 Å². The van der Waals surface area contributed by atoms with Gasteiger partial charge in [-0.3, -0.25) is 0 Å². The van der Waals surface area contributed by atoms with Crippen LogP contribution in [0.3, 0.4) is 0 Å². The first-order valence-corrected chi connectivity index (χ1v) is 6.30. The molecule has 0 bridgehead atoms. The summed E-state index contributed by atoms with van der Waals surface area (Å²) in [6.07, 6.45) is 0. The lowest BCUT2D eigenvalue weighted by Crippen LogP contribution is -2.15. The SMILES string of the molecule is N/C(=N/O)c1cccc(OCc2ccc(Br)cc2)n1. The summed E-state index contributed by atoms with van der Waals surface area (Å²) >= 11 is 3.37. The van der Waals surface area contributed by atoms with Crippen molar-refractivity contribution >= 4 is 21.8 Å². The van der Waals surface area contributed by atoms with E-state index in [-0.39, 0.29) is 5.84 Å². The Balaban J connectivity index is 2.05. The maximum absolute atomic E-state index is 8.59. The molecule has 0 amide bonds. The van der Waals surface area contributed by atoms with E-state index in [1.807, 2.05) is 24.3 Å². The van der Waals surface area contributed by atoms with Crippen molar-refractivity contribution in [1.82, 2.24) is 4.98 Å². The van der Waals surface area contributed by atoms with E-state index in [2.05, 4.69) is 26.1 Å². The number of hydrogen-bond acceptors (Lipinski definition) is 4. The van der Waals surface area contributed by atoms with Gasteiger partial charge >= 0.3 is 0 Å². The lowest BCUT2D eigenvalue weighted by molar-refractivity contribution is 0.293. The molecule has 3 N–H and O–H groups in total. The molecule has 1 aromatic carbocycles. The highest BCUT2D eigenvalue weighted by atomic mass is 79.9. The van der Waals surface area contributed by atoms with Gasteiger partial charge in [0.15, 0.2) is 5.84 Å².